The van der Waals surface area contributed by atoms with E-state index in [0.717, 1.165) is 5.56 Å². The number of rotatable bonds is 3. The normalized spacial score (nSPS) is 19.2. The van der Waals surface area contributed by atoms with E-state index in [2.05, 4.69) is 5.32 Å². The predicted molar refractivity (Wildman–Crippen MR) is 98.2 cm³/mol. The summed E-state index contributed by atoms with van der Waals surface area (Å²) in [5, 5.41) is 2.76. The van der Waals surface area contributed by atoms with Crippen LogP contribution in [0, 0.1) is 0 Å². The lowest BCUT2D eigenvalue weighted by molar-refractivity contribution is 0.0945. The maximum atomic E-state index is 13.3. The highest BCUT2D eigenvalue weighted by Crippen LogP contribution is 2.37. The highest BCUT2D eigenvalue weighted by atomic mass is 32.2. The molecule has 2 aromatic carbocycles. The number of nitrogens with zero attached hydrogens (tertiary/aromatic N) is 1. The van der Waals surface area contributed by atoms with Gasteiger partial charge < -0.3 is 10.1 Å². The molecule has 0 saturated heterocycles. The fourth-order valence-electron chi connectivity index (χ4n) is 3.38. The third-order valence-corrected chi connectivity index (χ3v) is 6.62. The first kappa shape index (κ1) is 16.9. The SMILES string of the molecule is CC[C@@H]1CN(S(=O)(=O)c2ccc3c(c2)C(=O)NCC3)c2ccccc2O1. The summed E-state index contributed by atoms with van der Waals surface area (Å²) in [5.74, 6) is 0.335. The number of fused-ring (bicyclic) bond motifs is 2. The van der Waals surface area contributed by atoms with Crippen LogP contribution >= 0.6 is 0 Å². The van der Waals surface area contributed by atoms with Gasteiger partial charge in [0.25, 0.3) is 15.9 Å². The predicted octanol–water partition coefficient (Wildman–Crippen LogP) is 2.34. The third kappa shape index (κ3) is 2.72. The quantitative estimate of drug-likeness (QED) is 0.897. The number of carbonyl (C=O) groups excluding carboxylic acids is 1. The van der Waals surface area contributed by atoms with Gasteiger partial charge in [0, 0.05) is 12.1 Å². The second kappa shape index (κ2) is 6.32. The average molecular weight is 372 g/mol. The van der Waals surface area contributed by atoms with E-state index in [1.165, 1.54) is 10.4 Å². The fraction of sp³-hybridized carbons (Fsp3) is 0.316. The van der Waals surface area contributed by atoms with Crippen LogP contribution < -0.4 is 14.4 Å². The zero-order valence-corrected chi connectivity index (χ0v) is 15.3. The van der Waals surface area contributed by atoms with Crippen molar-refractivity contribution in [2.75, 3.05) is 17.4 Å². The van der Waals surface area contributed by atoms with E-state index >= 15 is 0 Å². The lowest BCUT2D eigenvalue weighted by Gasteiger charge is -2.35. The van der Waals surface area contributed by atoms with Crippen LogP contribution in [0.3, 0.4) is 0 Å². The Kier molecular flexibility index (Phi) is 4.11. The van der Waals surface area contributed by atoms with E-state index < -0.39 is 10.0 Å². The van der Waals surface area contributed by atoms with Gasteiger partial charge in [0.15, 0.2) is 0 Å². The summed E-state index contributed by atoms with van der Waals surface area (Å²) < 4.78 is 34.0. The number of nitrogens with one attached hydrogen (secondary N) is 1. The molecule has 0 spiro atoms. The lowest BCUT2D eigenvalue weighted by atomic mass is 10.0. The molecule has 7 heteroatoms. The molecular formula is C19H20N2O4S. The van der Waals surface area contributed by atoms with Crippen molar-refractivity contribution in [1.29, 1.82) is 0 Å². The number of ether oxygens (including phenoxy) is 1. The number of hydrogen-bond donors (Lipinski definition) is 1. The number of amides is 1. The molecule has 0 bridgehead atoms. The fourth-order valence-corrected chi connectivity index (χ4v) is 4.92. The molecule has 26 heavy (non-hydrogen) atoms. The van der Waals surface area contributed by atoms with Crippen LogP contribution in [0.5, 0.6) is 5.75 Å². The van der Waals surface area contributed by atoms with Crippen molar-refractivity contribution in [1.82, 2.24) is 5.32 Å². The molecule has 4 rings (SSSR count). The number of para-hydroxylation sites is 2. The Morgan fingerprint density at radius 1 is 1.23 bits per heavy atom. The van der Waals surface area contributed by atoms with Crippen LogP contribution in [0.2, 0.25) is 0 Å². The van der Waals surface area contributed by atoms with E-state index in [4.69, 9.17) is 4.74 Å². The Balaban J connectivity index is 1.80. The molecule has 1 N–H and O–H groups in total. The number of carbonyl (C=O) groups is 1. The summed E-state index contributed by atoms with van der Waals surface area (Å²) >= 11 is 0. The van der Waals surface area contributed by atoms with Gasteiger partial charge in [0.05, 0.1) is 17.1 Å². The summed E-state index contributed by atoms with van der Waals surface area (Å²) in [6.45, 7) is 2.79. The van der Waals surface area contributed by atoms with Crippen LogP contribution in [0.25, 0.3) is 0 Å². The van der Waals surface area contributed by atoms with Gasteiger partial charge in [0.2, 0.25) is 0 Å². The summed E-state index contributed by atoms with van der Waals surface area (Å²) in [6, 6.07) is 11.9. The second-order valence-corrected chi connectivity index (χ2v) is 8.34. The van der Waals surface area contributed by atoms with Gasteiger partial charge in [-0.25, -0.2) is 8.42 Å². The van der Waals surface area contributed by atoms with Gasteiger partial charge in [-0.05, 0) is 42.7 Å². The van der Waals surface area contributed by atoms with Crippen LogP contribution in [0.15, 0.2) is 47.4 Å². The smallest absolute Gasteiger partial charge is 0.264 e. The molecule has 0 aliphatic carbocycles. The zero-order chi connectivity index (χ0) is 18.3. The van der Waals surface area contributed by atoms with Gasteiger partial charge in [0.1, 0.15) is 11.9 Å². The Labute approximate surface area is 152 Å². The first-order valence-electron chi connectivity index (χ1n) is 8.70. The van der Waals surface area contributed by atoms with Crippen LogP contribution in [0.4, 0.5) is 5.69 Å². The monoisotopic (exact) mass is 372 g/mol. The van der Waals surface area contributed by atoms with Gasteiger partial charge in [-0.3, -0.25) is 9.10 Å². The molecule has 6 nitrogen and oxygen atoms in total. The topological polar surface area (TPSA) is 75.7 Å². The first-order valence-corrected chi connectivity index (χ1v) is 10.1. The van der Waals surface area contributed by atoms with E-state index in [1.54, 1.807) is 30.3 Å². The van der Waals surface area contributed by atoms with Crippen LogP contribution in [-0.2, 0) is 16.4 Å². The molecule has 0 saturated carbocycles. The van der Waals surface area contributed by atoms with E-state index in [9.17, 15) is 13.2 Å². The maximum Gasteiger partial charge on any atom is 0.264 e. The van der Waals surface area contributed by atoms with Gasteiger partial charge >= 0.3 is 0 Å². The molecule has 2 aliphatic rings. The van der Waals surface area contributed by atoms with Crippen molar-refractivity contribution in [3.8, 4) is 5.75 Å². The molecule has 0 unspecified atom stereocenters. The molecule has 2 heterocycles. The van der Waals surface area contributed by atoms with Gasteiger partial charge in [-0.1, -0.05) is 25.1 Å². The Morgan fingerprint density at radius 3 is 2.85 bits per heavy atom. The zero-order valence-electron chi connectivity index (χ0n) is 14.4. The summed E-state index contributed by atoms with van der Waals surface area (Å²) in [7, 11) is -3.80. The minimum Gasteiger partial charge on any atom is -0.486 e. The summed E-state index contributed by atoms with van der Waals surface area (Å²) in [4.78, 5) is 12.2. The molecule has 1 amide bonds. The third-order valence-electron chi connectivity index (χ3n) is 4.85. The van der Waals surface area contributed by atoms with Crippen LogP contribution in [-0.4, -0.2) is 33.5 Å². The molecule has 1 atom stereocenters. The van der Waals surface area contributed by atoms with Crippen molar-refractivity contribution in [3.05, 3.63) is 53.6 Å². The molecule has 136 valence electrons. The first-order chi connectivity index (χ1) is 12.5. The van der Waals surface area contributed by atoms with Gasteiger partial charge in [-0.15, -0.1) is 0 Å². The maximum absolute atomic E-state index is 13.3. The van der Waals surface area contributed by atoms with Gasteiger partial charge in [-0.2, -0.15) is 0 Å². The molecule has 0 aromatic heterocycles. The average Bonchev–Trinajstić information content (AvgIpc) is 2.67. The Bertz CT molecular complexity index is 971. The number of anilines is 1. The molecular weight excluding hydrogens is 352 g/mol. The van der Waals surface area contributed by atoms with Crippen molar-refractivity contribution in [2.24, 2.45) is 0 Å². The van der Waals surface area contributed by atoms with E-state index in [0.29, 0.717) is 36.4 Å². The standard InChI is InChI=1S/C19H20N2O4S/c1-2-14-12-21(17-5-3-4-6-18(17)25-14)26(23,24)15-8-7-13-9-10-20-19(22)16(13)11-15/h3-8,11,14H,2,9-10,12H2,1H3,(H,20,22)/t14-/m1/s1. The largest absolute Gasteiger partial charge is 0.486 e. The minimum absolute atomic E-state index is 0.125. The van der Waals surface area contributed by atoms with Crippen molar-refractivity contribution in [2.45, 2.75) is 30.8 Å². The highest BCUT2D eigenvalue weighted by molar-refractivity contribution is 7.92. The minimum atomic E-state index is -3.80. The molecule has 0 radical (unpaired) electrons. The van der Waals surface area contributed by atoms with E-state index in [1.807, 2.05) is 13.0 Å². The van der Waals surface area contributed by atoms with Crippen molar-refractivity contribution < 1.29 is 17.9 Å². The highest BCUT2D eigenvalue weighted by Gasteiger charge is 2.34. The van der Waals surface area contributed by atoms with E-state index in [-0.39, 0.29) is 23.5 Å². The summed E-state index contributed by atoms with van der Waals surface area (Å²) in [5.41, 5.74) is 1.84. The lowest BCUT2D eigenvalue weighted by Crippen LogP contribution is -2.43. The number of hydrogen-bond acceptors (Lipinski definition) is 4. The van der Waals surface area contributed by atoms with Crippen LogP contribution in [0.1, 0.15) is 29.3 Å². The van der Waals surface area contributed by atoms with Crippen molar-refractivity contribution >= 4 is 21.6 Å². The molecule has 0 fully saturated rings. The molecule has 2 aromatic rings. The second-order valence-electron chi connectivity index (χ2n) is 6.48. The molecule has 2 aliphatic heterocycles. The summed E-state index contributed by atoms with van der Waals surface area (Å²) in [6.07, 6.45) is 1.20. The Morgan fingerprint density at radius 2 is 2.04 bits per heavy atom. The Hall–Kier alpha value is -2.54. The van der Waals surface area contributed by atoms with Crippen molar-refractivity contribution in [3.63, 3.8) is 0 Å². The number of benzene rings is 2. The number of sulfonamides is 1.